The van der Waals surface area contributed by atoms with Crippen LogP contribution in [0.2, 0.25) is 5.02 Å². The Morgan fingerprint density at radius 2 is 2.00 bits per heavy atom. The third kappa shape index (κ3) is 2.35. The van der Waals surface area contributed by atoms with Crippen molar-refractivity contribution < 1.29 is 4.39 Å². The molecule has 3 rings (SSSR count). The van der Waals surface area contributed by atoms with Crippen molar-refractivity contribution in [3.8, 4) is 0 Å². The highest BCUT2D eigenvalue weighted by molar-refractivity contribution is 7.14. The maximum absolute atomic E-state index is 12.8. The molecule has 0 amide bonds. The summed E-state index contributed by atoms with van der Waals surface area (Å²) in [6.45, 7) is 0. The number of fused-ring (bicyclic) bond motifs is 1. The van der Waals surface area contributed by atoms with E-state index in [1.165, 1.54) is 29.0 Å². The number of benzene rings is 1. The molecule has 0 spiro atoms. The molecule has 100 valence electrons. The topological polar surface area (TPSA) is 47.3 Å². The second kappa shape index (κ2) is 5.15. The van der Waals surface area contributed by atoms with E-state index in [9.17, 15) is 9.18 Å². The fourth-order valence-electron chi connectivity index (χ4n) is 1.64. The summed E-state index contributed by atoms with van der Waals surface area (Å²) in [5.74, 6) is -0.303. The second-order valence-corrected chi connectivity index (χ2v) is 5.12. The molecule has 0 atom stereocenters. The van der Waals surface area contributed by atoms with Gasteiger partial charge in [-0.15, -0.1) is 0 Å². The Kier molecular flexibility index (Phi) is 3.33. The van der Waals surface area contributed by atoms with E-state index in [-0.39, 0.29) is 10.8 Å². The van der Waals surface area contributed by atoms with Crippen molar-refractivity contribution >= 4 is 40.1 Å². The Morgan fingerprint density at radius 1 is 1.25 bits per heavy atom. The zero-order chi connectivity index (χ0) is 14.1. The number of hydrogen-bond donors (Lipinski definition) is 0. The molecular formula is C13H7ClFN3OS. The van der Waals surface area contributed by atoms with E-state index in [0.717, 1.165) is 10.1 Å². The molecule has 0 aliphatic heterocycles. The summed E-state index contributed by atoms with van der Waals surface area (Å²) in [5, 5.41) is 3.86. The van der Waals surface area contributed by atoms with Crippen LogP contribution in [0.5, 0.6) is 0 Å². The van der Waals surface area contributed by atoms with Crippen molar-refractivity contribution in [3.05, 3.63) is 62.2 Å². The highest BCUT2D eigenvalue weighted by atomic mass is 35.5. The van der Waals surface area contributed by atoms with Gasteiger partial charge in [0.25, 0.3) is 5.56 Å². The van der Waals surface area contributed by atoms with E-state index in [0.29, 0.717) is 10.7 Å². The van der Waals surface area contributed by atoms with Gasteiger partial charge in [-0.2, -0.15) is 9.61 Å². The first-order chi connectivity index (χ1) is 9.65. The van der Waals surface area contributed by atoms with Crippen LogP contribution in [0.3, 0.4) is 0 Å². The molecule has 2 heterocycles. The Balaban J connectivity index is 2.04. The summed E-state index contributed by atoms with van der Waals surface area (Å²) in [7, 11) is 0. The first-order valence-corrected chi connectivity index (χ1v) is 6.86. The molecule has 1 aromatic carbocycles. The van der Waals surface area contributed by atoms with Crippen molar-refractivity contribution in [3.63, 3.8) is 0 Å². The quantitative estimate of drug-likeness (QED) is 0.731. The minimum atomic E-state index is -0.406. The first kappa shape index (κ1) is 13.0. The normalized spacial score (nSPS) is 11.5. The molecule has 4 nitrogen and oxygen atoms in total. The Bertz CT molecular complexity index is 854. The van der Waals surface area contributed by atoms with Crippen LogP contribution in [-0.4, -0.2) is 14.6 Å². The molecule has 0 bridgehead atoms. The Morgan fingerprint density at radius 3 is 2.75 bits per heavy atom. The number of halogens is 2. The standard InChI is InChI=1S/C13H7ClFN3OS/c14-11-10(6-3-8-1-4-9(15)5-2-8)17-13-18(12(11)19)16-7-20-13/h1-7H. The van der Waals surface area contributed by atoms with E-state index in [2.05, 4.69) is 10.1 Å². The fraction of sp³-hybridized carbons (Fsp3) is 0. The third-order valence-electron chi connectivity index (χ3n) is 2.63. The summed E-state index contributed by atoms with van der Waals surface area (Å²) in [6.07, 6.45) is 3.33. The molecule has 3 aromatic rings. The lowest BCUT2D eigenvalue weighted by atomic mass is 10.2. The summed E-state index contributed by atoms with van der Waals surface area (Å²) in [5.41, 5.74) is 2.27. The minimum Gasteiger partial charge on any atom is -0.266 e. The van der Waals surface area contributed by atoms with Crippen molar-refractivity contribution in [2.45, 2.75) is 0 Å². The predicted octanol–water partition coefficient (Wildman–Crippen LogP) is 3.11. The van der Waals surface area contributed by atoms with Crippen molar-refractivity contribution in [2.75, 3.05) is 0 Å². The van der Waals surface area contributed by atoms with E-state index >= 15 is 0 Å². The van der Waals surface area contributed by atoms with Gasteiger partial charge in [-0.25, -0.2) is 9.37 Å². The smallest absolute Gasteiger partial charge is 0.266 e. The Labute approximate surface area is 121 Å². The summed E-state index contributed by atoms with van der Waals surface area (Å²) in [4.78, 5) is 16.6. The molecule has 0 saturated heterocycles. The Hall–Kier alpha value is -2.05. The molecular weight excluding hydrogens is 301 g/mol. The summed E-state index contributed by atoms with van der Waals surface area (Å²) >= 11 is 7.22. The van der Waals surface area contributed by atoms with Crippen LogP contribution in [0.15, 0.2) is 34.6 Å². The SMILES string of the molecule is O=c1c(Cl)c(C=Cc2ccc(F)cc2)nc2scnn12. The van der Waals surface area contributed by atoms with Gasteiger partial charge >= 0.3 is 0 Å². The molecule has 7 heteroatoms. The molecule has 0 unspecified atom stereocenters. The lowest BCUT2D eigenvalue weighted by Gasteiger charge is -1.98. The van der Waals surface area contributed by atoms with E-state index in [1.54, 1.807) is 24.3 Å². The van der Waals surface area contributed by atoms with Crippen LogP contribution < -0.4 is 5.56 Å². The largest absolute Gasteiger partial charge is 0.294 e. The minimum absolute atomic E-state index is 0.00626. The average molecular weight is 308 g/mol. The van der Waals surface area contributed by atoms with Gasteiger partial charge in [0.05, 0.1) is 5.69 Å². The number of rotatable bonds is 2. The number of aromatic nitrogens is 3. The van der Waals surface area contributed by atoms with Crippen molar-refractivity contribution in [2.24, 2.45) is 0 Å². The average Bonchev–Trinajstić information content (AvgIpc) is 2.91. The van der Waals surface area contributed by atoms with Gasteiger partial charge in [-0.05, 0) is 23.8 Å². The molecule has 2 aromatic heterocycles. The van der Waals surface area contributed by atoms with Gasteiger partial charge in [-0.3, -0.25) is 4.79 Å². The lowest BCUT2D eigenvalue weighted by molar-refractivity contribution is 0.628. The molecule has 20 heavy (non-hydrogen) atoms. The van der Waals surface area contributed by atoms with E-state index in [1.807, 2.05) is 0 Å². The van der Waals surface area contributed by atoms with Gasteiger partial charge in [0.15, 0.2) is 0 Å². The van der Waals surface area contributed by atoms with Gasteiger partial charge < -0.3 is 0 Å². The molecule has 0 fully saturated rings. The van der Waals surface area contributed by atoms with Gasteiger partial charge in [0.1, 0.15) is 16.4 Å². The zero-order valence-electron chi connectivity index (χ0n) is 9.96. The summed E-state index contributed by atoms with van der Waals surface area (Å²) < 4.78 is 14.0. The van der Waals surface area contributed by atoms with Gasteiger partial charge in [-0.1, -0.05) is 41.1 Å². The van der Waals surface area contributed by atoms with Crippen LogP contribution in [-0.2, 0) is 0 Å². The fourth-order valence-corrected chi connectivity index (χ4v) is 2.45. The number of hydrogen-bond acceptors (Lipinski definition) is 4. The molecule has 0 radical (unpaired) electrons. The maximum atomic E-state index is 12.8. The van der Waals surface area contributed by atoms with Crippen LogP contribution in [0.25, 0.3) is 17.1 Å². The molecule has 0 saturated carbocycles. The predicted molar refractivity (Wildman–Crippen MR) is 77.5 cm³/mol. The first-order valence-electron chi connectivity index (χ1n) is 5.61. The maximum Gasteiger partial charge on any atom is 0.294 e. The lowest BCUT2D eigenvalue weighted by Crippen LogP contribution is -2.16. The van der Waals surface area contributed by atoms with Crippen molar-refractivity contribution in [1.82, 2.24) is 14.6 Å². The molecule has 0 N–H and O–H groups in total. The summed E-state index contributed by atoms with van der Waals surface area (Å²) in [6, 6.07) is 5.96. The zero-order valence-corrected chi connectivity index (χ0v) is 11.5. The monoisotopic (exact) mass is 307 g/mol. The highest BCUT2D eigenvalue weighted by Gasteiger charge is 2.09. The van der Waals surface area contributed by atoms with Crippen LogP contribution in [0.1, 0.15) is 11.3 Å². The van der Waals surface area contributed by atoms with Crippen molar-refractivity contribution in [1.29, 1.82) is 0 Å². The van der Waals surface area contributed by atoms with E-state index < -0.39 is 5.56 Å². The highest BCUT2D eigenvalue weighted by Crippen LogP contribution is 2.15. The van der Waals surface area contributed by atoms with Crippen LogP contribution >= 0.6 is 22.9 Å². The molecule has 0 aliphatic carbocycles. The number of nitrogens with zero attached hydrogens (tertiary/aromatic N) is 3. The third-order valence-corrected chi connectivity index (χ3v) is 3.66. The van der Waals surface area contributed by atoms with Gasteiger partial charge in [0, 0.05) is 0 Å². The van der Waals surface area contributed by atoms with Crippen LogP contribution in [0.4, 0.5) is 4.39 Å². The van der Waals surface area contributed by atoms with Crippen LogP contribution in [0, 0.1) is 5.82 Å². The molecule has 0 aliphatic rings. The second-order valence-electron chi connectivity index (χ2n) is 3.93. The van der Waals surface area contributed by atoms with Gasteiger partial charge in [0.2, 0.25) is 4.96 Å². The van der Waals surface area contributed by atoms with E-state index in [4.69, 9.17) is 11.6 Å².